The molecule has 0 spiro atoms. The van der Waals surface area contributed by atoms with Crippen LogP contribution in [0, 0.1) is 11.3 Å². The molecule has 29 heavy (non-hydrogen) atoms. The molecule has 1 aromatic carbocycles. The van der Waals surface area contributed by atoms with Crippen molar-refractivity contribution in [3.8, 4) is 11.5 Å². The number of benzene rings is 1. The minimum atomic E-state index is -0.315. The minimum absolute atomic E-state index is 0.00126. The molecule has 1 aliphatic carbocycles. The Labute approximate surface area is 184 Å². The van der Waals surface area contributed by atoms with Crippen molar-refractivity contribution in [2.75, 3.05) is 19.5 Å². The molecule has 2 atom stereocenters. The van der Waals surface area contributed by atoms with Gasteiger partial charge in [0.2, 0.25) is 0 Å². The Morgan fingerprint density at radius 3 is 2.59 bits per heavy atom. The molecule has 2 aromatic rings. The molecular formula is C22H27BrN2O3S. The normalized spacial score (nSPS) is 21.0. The van der Waals surface area contributed by atoms with Crippen molar-refractivity contribution in [1.29, 1.82) is 0 Å². The van der Waals surface area contributed by atoms with E-state index < -0.39 is 0 Å². The van der Waals surface area contributed by atoms with Crippen LogP contribution in [0.15, 0.2) is 16.6 Å². The van der Waals surface area contributed by atoms with Crippen LogP contribution < -0.4 is 20.1 Å². The topological polar surface area (TPSA) is 59.6 Å². The maximum absolute atomic E-state index is 13.0. The van der Waals surface area contributed by atoms with Crippen LogP contribution in [0.5, 0.6) is 11.5 Å². The van der Waals surface area contributed by atoms with Gasteiger partial charge < -0.3 is 20.1 Å². The SMILES string of the molecule is COc1cc(C2NC(=O)c3c(sc4c3CCC(C(C)(C)C)C4)N2)cc(Br)c1OC. The fourth-order valence-corrected chi connectivity index (χ4v) is 6.28. The highest BCUT2D eigenvalue weighted by Gasteiger charge is 2.36. The first-order valence-corrected chi connectivity index (χ1v) is 11.5. The van der Waals surface area contributed by atoms with E-state index >= 15 is 0 Å². The van der Waals surface area contributed by atoms with Gasteiger partial charge in [0, 0.05) is 4.88 Å². The van der Waals surface area contributed by atoms with Crippen LogP contribution in [0.1, 0.15) is 59.7 Å². The second-order valence-electron chi connectivity index (χ2n) is 8.80. The van der Waals surface area contributed by atoms with Gasteiger partial charge in [0.1, 0.15) is 11.2 Å². The monoisotopic (exact) mass is 478 g/mol. The Morgan fingerprint density at radius 2 is 1.93 bits per heavy atom. The molecule has 0 fully saturated rings. The van der Waals surface area contributed by atoms with Crippen molar-refractivity contribution >= 4 is 38.2 Å². The average Bonchev–Trinajstić information content (AvgIpc) is 3.04. The highest BCUT2D eigenvalue weighted by atomic mass is 79.9. The molecule has 1 aliphatic heterocycles. The Bertz CT molecular complexity index is 964. The molecule has 0 saturated carbocycles. The highest BCUT2D eigenvalue weighted by Crippen LogP contribution is 2.46. The lowest BCUT2D eigenvalue weighted by atomic mass is 9.72. The number of ether oxygens (including phenoxy) is 2. The van der Waals surface area contributed by atoms with Gasteiger partial charge >= 0.3 is 0 Å². The van der Waals surface area contributed by atoms with Gasteiger partial charge in [0.15, 0.2) is 11.5 Å². The number of thiophene rings is 1. The number of carbonyl (C=O) groups excluding carboxylic acids is 1. The number of nitrogens with one attached hydrogen (secondary N) is 2. The molecule has 2 aliphatic rings. The van der Waals surface area contributed by atoms with Crippen LogP contribution in [0.25, 0.3) is 0 Å². The molecule has 0 bridgehead atoms. The van der Waals surface area contributed by atoms with Crippen LogP contribution in [-0.4, -0.2) is 20.1 Å². The lowest BCUT2D eigenvalue weighted by Gasteiger charge is -2.34. The van der Waals surface area contributed by atoms with E-state index in [1.54, 1.807) is 25.6 Å². The quantitative estimate of drug-likeness (QED) is 0.608. The molecular weight excluding hydrogens is 452 g/mol. The standard InChI is InChI=1S/C22H27BrN2O3S/c1-22(2,3)12-6-7-13-16(10-12)29-21-17(13)20(26)24-19(25-21)11-8-14(23)18(28-5)15(9-11)27-4/h8-9,12,19,25H,6-7,10H2,1-5H3,(H,24,26). The number of halogens is 1. The number of hydrogen-bond acceptors (Lipinski definition) is 5. The van der Waals surface area contributed by atoms with Crippen LogP contribution >= 0.6 is 27.3 Å². The van der Waals surface area contributed by atoms with E-state index in [0.29, 0.717) is 17.4 Å². The van der Waals surface area contributed by atoms with Crippen molar-refractivity contribution in [3.63, 3.8) is 0 Å². The van der Waals surface area contributed by atoms with Gasteiger partial charge in [0.05, 0.1) is 24.3 Å². The Kier molecular flexibility index (Phi) is 5.32. The molecule has 0 radical (unpaired) electrons. The smallest absolute Gasteiger partial charge is 0.256 e. The first-order valence-electron chi connectivity index (χ1n) is 9.86. The molecule has 1 aromatic heterocycles. The van der Waals surface area contributed by atoms with Gasteiger partial charge in [-0.1, -0.05) is 20.8 Å². The predicted octanol–water partition coefficient (Wildman–Crippen LogP) is 5.53. The highest BCUT2D eigenvalue weighted by molar-refractivity contribution is 9.10. The Morgan fingerprint density at radius 1 is 1.17 bits per heavy atom. The number of rotatable bonds is 3. The Hall–Kier alpha value is -1.73. The summed E-state index contributed by atoms with van der Waals surface area (Å²) in [5.41, 5.74) is 3.27. The number of carbonyl (C=O) groups is 1. The zero-order valence-electron chi connectivity index (χ0n) is 17.4. The summed E-state index contributed by atoms with van der Waals surface area (Å²) in [6.45, 7) is 6.93. The van der Waals surface area contributed by atoms with E-state index in [0.717, 1.165) is 39.9 Å². The number of anilines is 1. The summed E-state index contributed by atoms with van der Waals surface area (Å²) in [7, 11) is 3.22. The van der Waals surface area contributed by atoms with E-state index in [9.17, 15) is 4.79 Å². The number of methoxy groups -OCH3 is 2. The molecule has 5 nitrogen and oxygen atoms in total. The third-order valence-electron chi connectivity index (χ3n) is 6.06. The lowest BCUT2D eigenvalue weighted by molar-refractivity contribution is 0.0934. The van der Waals surface area contributed by atoms with E-state index in [-0.39, 0.29) is 17.5 Å². The van der Waals surface area contributed by atoms with Crippen LogP contribution in [0.3, 0.4) is 0 Å². The Balaban J connectivity index is 1.66. The first kappa shape index (κ1) is 20.5. The lowest BCUT2D eigenvalue weighted by Crippen LogP contribution is -2.38. The summed E-state index contributed by atoms with van der Waals surface area (Å²) in [5, 5.41) is 7.64. The van der Waals surface area contributed by atoms with Crippen LogP contribution in [0.2, 0.25) is 0 Å². The van der Waals surface area contributed by atoms with Crippen molar-refractivity contribution in [1.82, 2.24) is 5.32 Å². The van der Waals surface area contributed by atoms with Gasteiger partial charge in [-0.05, 0) is 69.8 Å². The largest absolute Gasteiger partial charge is 0.493 e. The summed E-state index contributed by atoms with van der Waals surface area (Å²) < 4.78 is 11.7. The second-order valence-corrected chi connectivity index (χ2v) is 10.8. The zero-order chi connectivity index (χ0) is 20.9. The summed E-state index contributed by atoms with van der Waals surface area (Å²) in [6, 6.07) is 3.85. The first-order chi connectivity index (χ1) is 13.7. The van der Waals surface area contributed by atoms with Crippen molar-refractivity contribution < 1.29 is 14.3 Å². The third-order valence-corrected chi connectivity index (χ3v) is 7.83. The molecule has 4 rings (SSSR count). The predicted molar refractivity (Wildman–Crippen MR) is 120 cm³/mol. The molecule has 2 heterocycles. The van der Waals surface area contributed by atoms with E-state index in [2.05, 4.69) is 47.3 Å². The van der Waals surface area contributed by atoms with Gasteiger partial charge in [-0.25, -0.2) is 0 Å². The minimum Gasteiger partial charge on any atom is -0.493 e. The third kappa shape index (κ3) is 3.63. The second kappa shape index (κ2) is 7.51. The number of hydrogen-bond donors (Lipinski definition) is 2. The molecule has 0 saturated heterocycles. The fraction of sp³-hybridized carbons (Fsp3) is 0.500. The number of fused-ring (bicyclic) bond motifs is 3. The average molecular weight is 479 g/mol. The molecule has 2 unspecified atom stereocenters. The zero-order valence-corrected chi connectivity index (χ0v) is 19.8. The van der Waals surface area contributed by atoms with Crippen LogP contribution in [-0.2, 0) is 12.8 Å². The van der Waals surface area contributed by atoms with Crippen LogP contribution in [0.4, 0.5) is 5.00 Å². The van der Waals surface area contributed by atoms with E-state index in [4.69, 9.17) is 9.47 Å². The summed E-state index contributed by atoms with van der Waals surface area (Å²) in [4.78, 5) is 14.4. The van der Waals surface area contributed by atoms with E-state index in [1.165, 1.54) is 10.4 Å². The maximum Gasteiger partial charge on any atom is 0.256 e. The number of amides is 1. The molecule has 1 amide bonds. The maximum atomic E-state index is 13.0. The molecule has 7 heteroatoms. The van der Waals surface area contributed by atoms with Gasteiger partial charge in [0.25, 0.3) is 5.91 Å². The summed E-state index contributed by atoms with van der Waals surface area (Å²) in [5.74, 6) is 1.91. The molecule has 156 valence electrons. The van der Waals surface area contributed by atoms with E-state index in [1.807, 2.05) is 12.1 Å². The summed E-state index contributed by atoms with van der Waals surface area (Å²) >= 11 is 5.28. The van der Waals surface area contributed by atoms with Gasteiger partial charge in [-0.15, -0.1) is 11.3 Å². The fourth-order valence-electron chi connectivity index (χ4n) is 4.31. The van der Waals surface area contributed by atoms with Crippen molar-refractivity contribution in [2.45, 2.75) is 46.2 Å². The van der Waals surface area contributed by atoms with Gasteiger partial charge in [-0.3, -0.25) is 4.79 Å². The summed E-state index contributed by atoms with van der Waals surface area (Å²) in [6.07, 6.45) is 2.85. The van der Waals surface area contributed by atoms with Gasteiger partial charge in [-0.2, -0.15) is 0 Å². The van der Waals surface area contributed by atoms with Crippen molar-refractivity contribution in [3.05, 3.63) is 38.2 Å². The molecule has 2 N–H and O–H groups in total. The van der Waals surface area contributed by atoms with Crippen molar-refractivity contribution in [2.24, 2.45) is 11.3 Å².